The van der Waals surface area contributed by atoms with Gasteiger partial charge in [0.05, 0.1) is 0 Å². The molecule has 0 heterocycles. The quantitative estimate of drug-likeness (QED) is 0.603. The third-order valence-corrected chi connectivity index (χ3v) is 3.83. The molecule has 0 radical (unpaired) electrons. The lowest BCUT2D eigenvalue weighted by molar-refractivity contribution is -0.118. The first-order valence-electron chi connectivity index (χ1n) is 8.22. The monoisotopic (exact) mass is 291 g/mol. The van der Waals surface area contributed by atoms with Crippen LogP contribution in [0.2, 0.25) is 0 Å². The molecular weight excluding hydrogens is 262 g/mol. The topological polar surface area (TPSA) is 63.3 Å². The number of phenols is 1. The van der Waals surface area contributed by atoms with Gasteiger partial charge in [-0.2, -0.15) is 0 Å². The van der Waals surface area contributed by atoms with E-state index in [0.29, 0.717) is 12.2 Å². The minimum atomic E-state index is -0.205. The third kappa shape index (κ3) is 7.74. The summed E-state index contributed by atoms with van der Waals surface area (Å²) in [6.45, 7) is 2.19. The molecule has 0 bridgehead atoms. The van der Waals surface area contributed by atoms with E-state index in [-0.39, 0.29) is 5.91 Å². The standard InChI is InChI=1S/C18H29NO2/c1-2-3-9-15-12-13-17(20)16(14-15)10-7-5-4-6-8-11-18(19)21/h12-14,20H,2-11H2,1H3,(H2,19,21). The molecule has 0 atom stereocenters. The predicted molar refractivity (Wildman–Crippen MR) is 87.3 cm³/mol. The smallest absolute Gasteiger partial charge is 0.217 e. The molecule has 3 heteroatoms. The van der Waals surface area contributed by atoms with Crippen LogP contribution in [0.3, 0.4) is 0 Å². The summed E-state index contributed by atoms with van der Waals surface area (Å²) in [5, 5.41) is 9.91. The van der Waals surface area contributed by atoms with E-state index in [9.17, 15) is 9.90 Å². The third-order valence-electron chi connectivity index (χ3n) is 3.83. The van der Waals surface area contributed by atoms with Crippen LogP contribution in [0.5, 0.6) is 5.75 Å². The number of carbonyl (C=O) groups excluding carboxylic acids is 1. The van der Waals surface area contributed by atoms with Crippen molar-refractivity contribution in [2.45, 2.75) is 71.1 Å². The van der Waals surface area contributed by atoms with E-state index in [1.54, 1.807) is 0 Å². The number of aryl methyl sites for hydroxylation is 2. The highest BCUT2D eigenvalue weighted by atomic mass is 16.3. The highest BCUT2D eigenvalue weighted by Crippen LogP contribution is 2.22. The predicted octanol–water partition coefficient (Wildman–Crippen LogP) is 4.10. The van der Waals surface area contributed by atoms with Gasteiger partial charge in [-0.05, 0) is 49.3 Å². The number of hydrogen-bond donors (Lipinski definition) is 2. The molecule has 0 spiro atoms. The van der Waals surface area contributed by atoms with Gasteiger partial charge in [-0.15, -0.1) is 0 Å². The molecular formula is C18H29NO2. The van der Waals surface area contributed by atoms with Gasteiger partial charge in [-0.1, -0.05) is 44.7 Å². The molecule has 3 nitrogen and oxygen atoms in total. The number of nitrogens with two attached hydrogens (primary N) is 1. The molecule has 0 aliphatic heterocycles. The maximum Gasteiger partial charge on any atom is 0.217 e. The van der Waals surface area contributed by atoms with Crippen molar-refractivity contribution in [2.75, 3.05) is 0 Å². The Morgan fingerprint density at radius 1 is 1.05 bits per heavy atom. The van der Waals surface area contributed by atoms with Crippen LogP contribution in [0.1, 0.15) is 69.4 Å². The van der Waals surface area contributed by atoms with Crippen molar-refractivity contribution in [1.29, 1.82) is 0 Å². The lowest BCUT2D eigenvalue weighted by Crippen LogP contribution is -2.09. The summed E-state index contributed by atoms with van der Waals surface area (Å²) in [4.78, 5) is 10.6. The first-order valence-corrected chi connectivity index (χ1v) is 8.22. The van der Waals surface area contributed by atoms with Crippen molar-refractivity contribution in [3.05, 3.63) is 29.3 Å². The summed E-state index contributed by atoms with van der Waals surface area (Å²) in [7, 11) is 0. The van der Waals surface area contributed by atoms with Gasteiger partial charge in [-0.25, -0.2) is 0 Å². The zero-order valence-corrected chi connectivity index (χ0v) is 13.2. The molecule has 1 amide bonds. The van der Waals surface area contributed by atoms with E-state index >= 15 is 0 Å². The fraction of sp³-hybridized carbons (Fsp3) is 0.611. The number of amides is 1. The Balaban J connectivity index is 2.26. The molecule has 0 aliphatic carbocycles. The highest BCUT2D eigenvalue weighted by molar-refractivity contribution is 5.73. The summed E-state index contributed by atoms with van der Waals surface area (Å²) >= 11 is 0. The molecule has 0 aromatic heterocycles. The van der Waals surface area contributed by atoms with Gasteiger partial charge in [-0.3, -0.25) is 4.79 Å². The second-order valence-corrected chi connectivity index (χ2v) is 5.80. The van der Waals surface area contributed by atoms with Crippen molar-refractivity contribution in [3.63, 3.8) is 0 Å². The van der Waals surface area contributed by atoms with Crippen LogP contribution in [0.25, 0.3) is 0 Å². The summed E-state index contributed by atoms with van der Waals surface area (Å²) in [5.74, 6) is 0.216. The van der Waals surface area contributed by atoms with E-state index in [4.69, 9.17) is 5.73 Å². The van der Waals surface area contributed by atoms with E-state index in [0.717, 1.165) is 50.5 Å². The summed E-state index contributed by atoms with van der Waals surface area (Å²) in [5.41, 5.74) is 7.50. The van der Waals surface area contributed by atoms with Crippen molar-refractivity contribution in [1.82, 2.24) is 0 Å². The Morgan fingerprint density at radius 2 is 1.76 bits per heavy atom. The molecule has 0 fully saturated rings. The number of rotatable bonds is 11. The van der Waals surface area contributed by atoms with Crippen molar-refractivity contribution < 1.29 is 9.90 Å². The Hall–Kier alpha value is -1.51. The van der Waals surface area contributed by atoms with Crippen molar-refractivity contribution >= 4 is 5.91 Å². The Kier molecular flexibility index (Phi) is 8.56. The van der Waals surface area contributed by atoms with Crippen LogP contribution in [0.15, 0.2) is 18.2 Å². The number of primary amides is 1. The van der Waals surface area contributed by atoms with Gasteiger partial charge in [0.2, 0.25) is 5.91 Å². The van der Waals surface area contributed by atoms with Gasteiger partial charge < -0.3 is 10.8 Å². The molecule has 0 saturated heterocycles. The van der Waals surface area contributed by atoms with Crippen LogP contribution in [0, 0.1) is 0 Å². The SMILES string of the molecule is CCCCc1ccc(O)c(CCCCCCCC(N)=O)c1. The second-order valence-electron chi connectivity index (χ2n) is 5.80. The average molecular weight is 291 g/mol. The van der Waals surface area contributed by atoms with E-state index in [1.807, 2.05) is 12.1 Å². The molecule has 0 unspecified atom stereocenters. The summed E-state index contributed by atoms with van der Waals surface area (Å²) in [6, 6.07) is 6.00. The number of hydrogen-bond acceptors (Lipinski definition) is 2. The van der Waals surface area contributed by atoms with Crippen LogP contribution < -0.4 is 5.73 Å². The first kappa shape index (κ1) is 17.5. The highest BCUT2D eigenvalue weighted by Gasteiger charge is 2.03. The number of aromatic hydroxyl groups is 1. The Labute approximate surface area is 128 Å². The molecule has 0 saturated carbocycles. The van der Waals surface area contributed by atoms with Crippen LogP contribution in [0.4, 0.5) is 0 Å². The lowest BCUT2D eigenvalue weighted by atomic mass is 10.00. The lowest BCUT2D eigenvalue weighted by Gasteiger charge is -2.08. The molecule has 118 valence electrons. The Morgan fingerprint density at radius 3 is 2.48 bits per heavy atom. The fourth-order valence-corrected chi connectivity index (χ4v) is 2.52. The second kappa shape index (κ2) is 10.3. The zero-order chi connectivity index (χ0) is 15.5. The Bertz CT molecular complexity index is 429. The number of carbonyl (C=O) groups is 1. The normalized spacial score (nSPS) is 10.7. The molecule has 0 aliphatic rings. The molecule has 1 rings (SSSR count). The van der Waals surface area contributed by atoms with Crippen molar-refractivity contribution in [2.24, 2.45) is 5.73 Å². The maximum atomic E-state index is 10.6. The molecule has 1 aromatic rings. The van der Waals surface area contributed by atoms with Gasteiger partial charge in [0.15, 0.2) is 0 Å². The number of unbranched alkanes of at least 4 members (excludes halogenated alkanes) is 5. The fourth-order valence-electron chi connectivity index (χ4n) is 2.52. The van der Waals surface area contributed by atoms with E-state index in [2.05, 4.69) is 13.0 Å². The molecule has 3 N–H and O–H groups in total. The molecule has 21 heavy (non-hydrogen) atoms. The first-order chi connectivity index (χ1) is 10.1. The van der Waals surface area contributed by atoms with Crippen LogP contribution in [-0.4, -0.2) is 11.0 Å². The zero-order valence-electron chi connectivity index (χ0n) is 13.2. The van der Waals surface area contributed by atoms with E-state index < -0.39 is 0 Å². The number of phenolic OH excluding ortho intramolecular Hbond substituents is 1. The number of benzene rings is 1. The largest absolute Gasteiger partial charge is 0.508 e. The van der Waals surface area contributed by atoms with Gasteiger partial charge in [0, 0.05) is 6.42 Å². The average Bonchev–Trinajstić information content (AvgIpc) is 2.46. The van der Waals surface area contributed by atoms with E-state index in [1.165, 1.54) is 18.4 Å². The van der Waals surface area contributed by atoms with Gasteiger partial charge >= 0.3 is 0 Å². The van der Waals surface area contributed by atoms with Crippen molar-refractivity contribution in [3.8, 4) is 5.75 Å². The minimum absolute atomic E-state index is 0.205. The minimum Gasteiger partial charge on any atom is -0.508 e. The van der Waals surface area contributed by atoms with Crippen LogP contribution in [-0.2, 0) is 17.6 Å². The van der Waals surface area contributed by atoms with Crippen LogP contribution >= 0.6 is 0 Å². The summed E-state index contributed by atoms with van der Waals surface area (Å²) in [6.07, 6.45) is 10.2. The summed E-state index contributed by atoms with van der Waals surface area (Å²) < 4.78 is 0. The maximum absolute atomic E-state index is 10.6. The van der Waals surface area contributed by atoms with Gasteiger partial charge in [0.1, 0.15) is 5.75 Å². The van der Waals surface area contributed by atoms with Gasteiger partial charge in [0.25, 0.3) is 0 Å². The molecule has 1 aromatic carbocycles.